The highest BCUT2D eigenvalue weighted by atomic mass is 19.4. The molecule has 1 heterocycles. The van der Waals surface area contributed by atoms with Crippen molar-refractivity contribution in [2.24, 2.45) is 0 Å². The van der Waals surface area contributed by atoms with Gasteiger partial charge in [-0.25, -0.2) is 0 Å². The Morgan fingerprint density at radius 2 is 2.17 bits per heavy atom. The Morgan fingerprint density at radius 3 is 2.83 bits per heavy atom. The molecule has 1 saturated heterocycles. The zero-order valence-electron chi connectivity index (χ0n) is 10.3. The Labute approximate surface area is 105 Å². The number of rotatable bonds is 2. The van der Waals surface area contributed by atoms with Crippen molar-refractivity contribution in [3.8, 4) is 0 Å². The fourth-order valence-corrected chi connectivity index (χ4v) is 2.20. The molecule has 0 unspecified atom stereocenters. The summed E-state index contributed by atoms with van der Waals surface area (Å²) in [5.74, 6) is 0. The summed E-state index contributed by atoms with van der Waals surface area (Å²) in [6.45, 7) is 5.31. The SMILES string of the molecule is C[C@H]1CNCCN1Cc1cccc(C(F)(F)F)c1. The van der Waals surface area contributed by atoms with Crippen LogP contribution < -0.4 is 5.32 Å². The molecule has 100 valence electrons. The molecule has 0 aromatic heterocycles. The maximum Gasteiger partial charge on any atom is 0.416 e. The second-order valence-corrected chi connectivity index (χ2v) is 4.72. The van der Waals surface area contributed by atoms with Crippen molar-refractivity contribution in [2.45, 2.75) is 25.7 Å². The molecule has 0 aliphatic carbocycles. The van der Waals surface area contributed by atoms with Crippen LogP contribution in [0.25, 0.3) is 0 Å². The maximum atomic E-state index is 12.6. The quantitative estimate of drug-likeness (QED) is 0.876. The van der Waals surface area contributed by atoms with Crippen LogP contribution in [-0.4, -0.2) is 30.6 Å². The molecular formula is C13H17F3N2. The topological polar surface area (TPSA) is 15.3 Å². The van der Waals surface area contributed by atoms with E-state index >= 15 is 0 Å². The van der Waals surface area contributed by atoms with E-state index in [9.17, 15) is 13.2 Å². The largest absolute Gasteiger partial charge is 0.416 e. The second-order valence-electron chi connectivity index (χ2n) is 4.72. The number of benzene rings is 1. The Hall–Kier alpha value is -1.07. The molecule has 1 fully saturated rings. The third kappa shape index (κ3) is 3.23. The molecule has 1 aliphatic rings. The first kappa shape index (κ1) is 13.4. The molecule has 0 amide bonds. The van der Waals surface area contributed by atoms with E-state index in [0.29, 0.717) is 12.6 Å². The number of piperazine rings is 1. The van der Waals surface area contributed by atoms with Crippen LogP contribution in [-0.2, 0) is 12.7 Å². The first-order valence-electron chi connectivity index (χ1n) is 6.08. The van der Waals surface area contributed by atoms with E-state index in [4.69, 9.17) is 0 Å². The lowest BCUT2D eigenvalue weighted by Gasteiger charge is -2.34. The van der Waals surface area contributed by atoms with Crippen molar-refractivity contribution in [3.63, 3.8) is 0 Å². The summed E-state index contributed by atoms with van der Waals surface area (Å²) in [6.07, 6.45) is -4.26. The molecule has 0 saturated carbocycles. The zero-order valence-corrected chi connectivity index (χ0v) is 10.3. The number of hydrogen-bond acceptors (Lipinski definition) is 2. The number of hydrogen-bond donors (Lipinski definition) is 1. The van der Waals surface area contributed by atoms with Crippen LogP contribution in [0.1, 0.15) is 18.1 Å². The van der Waals surface area contributed by atoms with E-state index in [1.54, 1.807) is 6.07 Å². The number of alkyl halides is 3. The van der Waals surface area contributed by atoms with Gasteiger partial charge in [-0.15, -0.1) is 0 Å². The monoisotopic (exact) mass is 258 g/mol. The average Bonchev–Trinajstić information content (AvgIpc) is 2.31. The van der Waals surface area contributed by atoms with Crippen LogP contribution in [0, 0.1) is 0 Å². The molecule has 2 rings (SSSR count). The maximum absolute atomic E-state index is 12.6. The van der Waals surface area contributed by atoms with Gasteiger partial charge in [-0.05, 0) is 18.6 Å². The molecule has 1 atom stereocenters. The summed E-state index contributed by atoms with van der Waals surface area (Å²) in [4.78, 5) is 2.20. The van der Waals surface area contributed by atoms with Gasteiger partial charge in [0.05, 0.1) is 5.56 Å². The lowest BCUT2D eigenvalue weighted by atomic mass is 10.1. The van der Waals surface area contributed by atoms with Crippen LogP contribution in [0.2, 0.25) is 0 Å². The van der Waals surface area contributed by atoms with Crippen molar-refractivity contribution in [1.29, 1.82) is 0 Å². The normalized spacial score (nSPS) is 22.1. The lowest BCUT2D eigenvalue weighted by molar-refractivity contribution is -0.137. The van der Waals surface area contributed by atoms with Crippen molar-refractivity contribution in [1.82, 2.24) is 10.2 Å². The molecule has 1 aromatic carbocycles. The highest BCUT2D eigenvalue weighted by Crippen LogP contribution is 2.29. The Balaban J connectivity index is 2.09. The Morgan fingerprint density at radius 1 is 1.39 bits per heavy atom. The van der Waals surface area contributed by atoms with Gasteiger partial charge in [0.15, 0.2) is 0 Å². The van der Waals surface area contributed by atoms with Crippen LogP contribution >= 0.6 is 0 Å². The zero-order chi connectivity index (χ0) is 13.2. The highest BCUT2D eigenvalue weighted by Gasteiger charge is 2.30. The minimum atomic E-state index is -4.26. The van der Waals surface area contributed by atoms with Gasteiger partial charge >= 0.3 is 6.18 Å². The first-order valence-corrected chi connectivity index (χ1v) is 6.08. The highest BCUT2D eigenvalue weighted by molar-refractivity contribution is 5.25. The molecular weight excluding hydrogens is 241 g/mol. The third-order valence-electron chi connectivity index (χ3n) is 3.28. The van der Waals surface area contributed by atoms with Crippen molar-refractivity contribution >= 4 is 0 Å². The summed E-state index contributed by atoms with van der Waals surface area (Å²) in [6, 6.07) is 5.95. The van der Waals surface area contributed by atoms with Crippen LogP contribution in [0.15, 0.2) is 24.3 Å². The van der Waals surface area contributed by atoms with Gasteiger partial charge in [0.2, 0.25) is 0 Å². The molecule has 5 heteroatoms. The molecule has 0 radical (unpaired) electrons. The predicted molar refractivity (Wildman–Crippen MR) is 64.2 cm³/mol. The molecule has 0 spiro atoms. The summed E-state index contributed by atoms with van der Waals surface area (Å²) in [5.41, 5.74) is 0.154. The fourth-order valence-electron chi connectivity index (χ4n) is 2.20. The number of nitrogens with one attached hydrogen (secondary N) is 1. The van der Waals surface area contributed by atoms with E-state index in [-0.39, 0.29) is 0 Å². The number of halogens is 3. The minimum Gasteiger partial charge on any atom is -0.314 e. The summed E-state index contributed by atoms with van der Waals surface area (Å²) >= 11 is 0. The predicted octanol–water partition coefficient (Wildman–Crippen LogP) is 2.50. The van der Waals surface area contributed by atoms with E-state index in [2.05, 4.69) is 17.1 Å². The smallest absolute Gasteiger partial charge is 0.314 e. The Bertz CT molecular complexity index is 403. The van der Waals surface area contributed by atoms with Crippen LogP contribution in [0.3, 0.4) is 0 Å². The van der Waals surface area contributed by atoms with Gasteiger partial charge in [0, 0.05) is 32.2 Å². The van der Waals surface area contributed by atoms with Gasteiger partial charge in [-0.2, -0.15) is 13.2 Å². The van der Waals surface area contributed by atoms with Gasteiger partial charge in [-0.1, -0.05) is 18.2 Å². The Kier molecular flexibility index (Phi) is 3.92. The van der Waals surface area contributed by atoms with Gasteiger partial charge in [0.1, 0.15) is 0 Å². The molecule has 0 bridgehead atoms. The molecule has 1 aliphatic heterocycles. The minimum absolute atomic E-state index is 0.355. The van der Waals surface area contributed by atoms with E-state index in [0.717, 1.165) is 31.3 Å². The van der Waals surface area contributed by atoms with E-state index in [1.165, 1.54) is 12.1 Å². The van der Waals surface area contributed by atoms with Crippen molar-refractivity contribution in [2.75, 3.05) is 19.6 Å². The lowest BCUT2D eigenvalue weighted by Crippen LogP contribution is -2.49. The third-order valence-corrected chi connectivity index (χ3v) is 3.28. The molecule has 1 N–H and O–H groups in total. The van der Waals surface area contributed by atoms with E-state index in [1.807, 2.05) is 0 Å². The second kappa shape index (κ2) is 5.28. The van der Waals surface area contributed by atoms with Crippen molar-refractivity contribution < 1.29 is 13.2 Å². The standard InChI is InChI=1S/C13H17F3N2/c1-10-8-17-5-6-18(10)9-11-3-2-4-12(7-11)13(14,15)16/h2-4,7,10,17H,5-6,8-9H2,1H3/t10-/m0/s1. The van der Waals surface area contributed by atoms with E-state index < -0.39 is 11.7 Å². The summed E-state index contributed by atoms with van der Waals surface area (Å²) in [5, 5.41) is 3.26. The molecule has 1 aromatic rings. The summed E-state index contributed by atoms with van der Waals surface area (Å²) < 4.78 is 37.8. The van der Waals surface area contributed by atoms with Gasteiger partial charge in [-0.3, -0.25) is 4.90 Å². The number of nitrogens with zero attached hydrogens (tertiary/aromatic N) is 1. The van der Waals surface area contributed by atoms with Crippen LogP contribution in [0.5, 0.6) is 0 Å². The van der Waals surface area contributed by atoms with Gasteiger partial charge < -0.3 is 5.32 Å². The van der Waals surface area contributed by atoms with Crippen molar-refractivity contribution in [3.05, 3.63) is 35.4 Å². The average molecular weight is 258 g/mol. The van der Waals surface area contributed by atoms with Gasteiger partial charge in [0.25, 0.3) is 0 Å². The molecule has 18 heavy (non-hydrogen) atoms. The summed E-state index contributed by atoms with van der Waals surface area (Å²) in [7, 11) is 0. The first-order chi connectivity index (χ1) is 8.47. The van der Waals surface area contributed by atoms with Crippen LogP contribution in [0.4, 0.5) is 13.2 Å². The molecule has 2 nitrogen and oxygen atoms in total. The fraction of sp³-hybridized carbons (Fsp3) is 0.538.